The van der Waals surface area contributed by atoms with Crippen molar-refractivity contribution >= 4 is 27.3 Å². The lowest BCUT2D eigenvalue weighted by Gasteiger charge is -2.22. The van der Waals surface area contributed by atoms with E-state index < -0.39 is 10.0 Å². The molecule has 0 atom stereocenters. The Hall–Kier alpha value is -2.51. The van der Waals surface area contributed by atoms with Crippen molar-refractivity contribution in [3.63, 3.8) is 0 Å². The Kier molecular flexibility index (Phi) is 5.67. The summed E-state index contributed by atoms with van der Waals surface area (Å²) < 4.78 is 30.1. The summed E-state index contributed by atoms with van der Waals surface area (Å²) in [6, 6.07) is 16.1. The molecule has 6 nitrogen and oxygen atoms in total. The minimum atomic E-state index is -3.68. The van der Waals surface area contributed by atoms with Gasteiger partial charge in [0.2, 0.25) is 10.0 Å². The van der Waals surface area contributed by atoms with E-state index >= 15 is 0 Å². The molecule has 3 aromatic rings. The second-order valence-electron chi connectivity index (χ2n) is 6.44. The van der Waals surface area contributed by atoms with Gasteiger partial charge in [-0.3, -0.25) is 13.8 Å². The number of halogens is 1. The molecule has 0 amide bonds. The van der Waals surface area contributed by atoms with Gasteiger partial charge in [-0.25, -0.2) is 13.1 Å². The molecular weight excluding hydrogens is 398 g/mol. The fourth-order valence-corrected chi connectivity index (χ4v) is 4.34. The Morgan fingerprint density at radius 3 is 2.21 bits per heavy atom. The summed E-state index contributed by atoms with van der Waals surface area (Å²) in [5, 5.41) is 0.566. The molecule has 0 aliphatic carbocycles. The van der Waals surface area contributed by atoms with Crippen LogP contribution in [-0.4, -0.2) is 23.5 Å². The first-order valence-electron chi connectivity index (χ1n) is 8.85. The van der Waals surface area contributed by atoms with E-state index in [1.54, 1.807) is 49.8 Å². The SMILES string of the molecule is CCS(=O)(=O)N(Cc1ccc(Cl)cc1)c1c(C)n(C)n(-c2ccccc2)c1=O. The van der Waals surface area contributed by atoms with E-state index in [-0.39, 0.29) is 23.5 Å². The van der Waals surface area contributed by atoms with Crippen LogP contribution in [0.25, 0.3) is 5.69 Å². The Bertz CT molecular complexity index is 1130. The molecule has 0 saturated heterocycles. The number of rotatable bonds is 6. The van der Waals surface area contributed by atoms with E-state index in [1.165, 1.54) is 8.99 Å². The van der Waals surface area contributed by atoms with Gasteiger partial charge in [0.05, 0.1) is 23.7 Å². The van der Waals surface area contributed by atoms with E-state index in [1.807, 2.05) is 30.3 Å². The Morgan fingerprint density at radius 1 is 1.04 bits per heavy atom. The van der Waals surface area contributed by atoms with Crippen LogP contribution in [0.2, 0.25) is 5.02 Å². The highest BCUT2D eigenvalue weighted by atomic mass is 35.5. The molecule has 0 saturated carbocycles. The van der Waals surface area contributed by atoms with Crippen LogP contribution in [0, 0.1) is 6.92 Å². The average Bonchev–Trinajstić information content (AvgIpc) is 2.91. The van der Waals surface area contributed by atoms with Crippen molar-refractivity contribution in [2.45, 2.75) is 20.4 Å². The van der Waals surface area contributed by atoms with Crippen molar-refractivity contribution in [2.24, 2.45) is 7.05 Å². The van der Waals surface area contributed by atoms with Crippen LogP contribution in [-0.2, 0) is 23.6 Å². The van der Waals surface area contributed by atoms with Crippen molar-refractivity contribution in [2.75, 3.05) is 10.1 Å². The van der Waals surface area contributed by atoms with Gasteiger partial charge in [0.1, 0.15) is 5.69 Å². The van der Waals surface area contributed by atoms with Gasteiger partial charge in [-0.15, -0.1) is 0 Å². The molecule has 0 fully saturated rings. The van der Waals surface area contributed by atoms with Gasteiger partial charge in [0.15, 0.2) is 0 Å². The largest absolute Gasteiger partial charge is 0.296 e. The average molecular weight is 420 g/mol. The van der Waals surface area contributed by atoms with Crippen LogP contribution in [0.1, 0.15) is 18.2 Å². The molecule has 148 valence electrons. The lowest BCUT2D eigenvalue weighted by atomic mass is 10.2. The predicted molar refractivity (Wildman–Crippen MR) is 113 cm³/mol. The second kappa shape index (κ2) is 7.85. The summed E-state index contributed by atoms with van der Waals surface area (Å²) in [5.41, 5.74) is 1.76. The molecule has 1 heterocycles. The molecule has 8 heteroatoms. The monoisotopic (exact) mass is 419 g/mol. The third-order valence-electron chi connectivity index (χ3n) is 4.71. The number of hydrogen-bond acceptors (Lipinski definition) is 3. The molecule has 2 aromatic carbocycles. The normalized spacial score (nSPS) is 11.6. The standard InChI is InChI=1S/C20H22ClN3O3S/c1-4-28(26,27)23(14-16-10-12-17(21)13-11-16)19-15(2)22(3)24(20(19)25)18-8-6-5-7-9-18/h5-13H,4,14H2,1-3H3. The first-order chi connectivity index (χ1) is 13.3. The van der Waals surface area contributed by atoms with Crippen LogP contribution in [0.4, 0.5) is 5.69 Å². The lowest BCUT2D eigenvalue weighted by molar-refractivity contribution is 0.591. The van der Waals surface area contributed by atoms with Crippen molar-refractivity contribution in [3.05, 3.63) is 81.2 Å². The number of hydrogen-bond donors (Lipinski definition) is 0. The van der Waals surface area contributed by atoms with Crippen LogP contribution in [0.15, 0.2) is 59.4 Å². The molecule has 28 heavy (non-hydrogen) atoms. The molecular formula is C20H22ClN3O3S. The van der Waals surface area contributed by atoms with E-state index in [0.717, 1.165) is 5.56 Å². The van der Waals surface area contributed by atoms with E-state index in [9.17, 15) is 13.2 Å². The number of para-hydroxylation sites is 1. The highest BCUT2D eigenvalue weighted by molar-refractivity contribution is 7.92. The zero-order chi connectivity index (χ0) is 20.5. The highest BCUT2D eigenvalue weighted by Crippen LogP contribution is 2.24. The number of aromatic nitrogens is 2. The van der Waals surface area contributed by atoms with E-state index in [0.29, 0.717) is 16.4 Å². The number of benzene rings is 2. The highest BCUT2D eigenvalue weighted by Gasteiger charge is 2.29. The number of nitrogens with zero attached hydrogens (tertiary/aromatic N) is 3. The van der Waals surface area contributed by atoms with Crippen molar-refractivity contribution in [3.8, 4) is 5.69 Å². The quantitative estimate of drug-likeness (QED) is 0.614. The Morgan fingerprint density at radius 2 is 1.64 bits per heavy atom. The zero-order valence-corrected chi connectivity index (χ0v) is 17.5. The summed E-state index contributed by atoms with van der Waals surface area (Å²) in [4.78, 5) is 13.3. The van der Waals surface area contributed by atoms with Crippen LogP contribution < -0.4 is 9.86 Å². The maximum absolute atomic E-state index is 13.3. The molecule has 0 aliphatic heterocycles. The zero-order valence-electron chi connectivity index (χ0n) is 16.0. The molecule has 0 spiro atoms. The molecule has 0 unspecified atom stereocenters. The summed E-state index contributed by atoms with van der Waals surface area (Å²) in [5.74, 6) is -0.111. The number of anilines is 1. The summed E-state index contributed by atoms with van der Waals surface area (Å²) in [6.07, 6.45) is 0. The van der Waals surface area contributed by atoms with Crippen molar-refractivity contribution in [1.82, 2.24) is 9.36 Å². The molecule has 0 N–H and O–H groups in total. The van der Waals surface area contributed by atoms with Gasteiger partial charge < -0.3 is 0 Å². The summed E-state index contributed by atoms with van der Waals surface area (Å²) in [6.45, 7) is 3.37. The topological polar surface area (TPSA) is 64.3 Å². The van der Waals surface area contributed by atoms with Gasteiger partial charge in [-0.1, -0.05) is 41.9 Å². The van der Waals surface area contributed by atoms with E-state index in [4.69, 9.17) is 11.6 Å². The number of sulfonamides is 1. The van der Waals surface area contributed by atoms with Gasteiger partial charge in [0.25, 0.3) is 5.56 Å². The maximum Gasteiger partial charge on any atom is 0.296 e. The third kappa shape index (κ3) is 3.72. The minimum absolute atomic E-state index is 0.0578. The second-order valence-corrected chi connectivity index (χ2v) is 9.06. The smallest absolute Gasteiger partial charge is 0.283 e. The van der Waals surface area contributed by atoms with Crippen LogP contribution in [0.5, 0.6) is 0 Å². The molecule has 0 radical (unpaired) electrons. The van der Waals surface area contributed by atoms with Gasteiger partial charge in [-0.2, -0.15) is 0 Å². The van der Waals surface area contributed by atoms with Crippen LogP contribution in [0.3, 0.4) is 0 Å². The van der Waals surface area contributed by atoms with Gasteiger partial charge in [-0.05, 0) is 43.7 Å². The Balaban J connectivity index is 2.18. The fraction of sp³-hybridized carbons (Fsp3) is 0.250. The van der Waals surface area contributed by atoms with Gasteiger partial charge >= 0.3 is 0 Å². The first kappa shape index (κ1) is 20.2. The third-order valence-corrected chi connectivity index (χ3v) is 6.68. The predicted octanol–water partition coefficient (Wildman–Crippen LogP) is 3.49. The Labute approximate surface area is 169 Å². The first-order valence-corrected chi connectivity index (χ1v) is 10.8. The lowest BCUT2D eigenvalue weighted by Crippen LogP contribution is -2.35. The minimum Gasteiger partial charge on any atom is -0.283 e. The summed E-state index contributed by atoms with van der Waals surface area (Å²) in [7, 11) is -1.94. The van der Waals surface area contributed by atoms with E-state index in [2.05, 4.69) is 0 Å². The van der Waals surface area contributed by atoms with Crippen molar-refractivity contribution < 1.29 is 8.42 Å². The fourth-order valence-electron chi connectivity index (χ4n) is 3.07. The summed E-state index contributed by atoms with van der Waals surface area (Å²) >= 11 is 5.94. The van der Waals surface area contributed by atoms with Gasteiger partial charge in [0, 0.05) is 12.1 Å². The molecule has 1 aromatic heterocycles. The molecule has 0 aliphatic rings. The maximum atomic E-state index is 13.3. The molecule has 3 rings (SSSR count). The molecule has 0 bridgehead atoms. The van der Waals surface area contributed by atoms with Crippen molar-refractivity contribution in [1.29, 1.82) is 0 Å². The van der Waals surface area contributed by atoms with Crippen LogP contribution >= 0.6 is 11.6 Å².